The second-order valence-corrected chi connectivity index (χ2v) is 5.23. The lowest BCUT2D eigenvalue weighted by Crippen LogP contribution is -2.40. The third kappa shape index (κ3) is 3.62. The zero-order chi connectivity index (χ0) is 11.5. The van der Waals surface area contributed by atoms with E-state index < -0.39 is 17.3 Å². The van der Waals surface area contributed by atoms with Crippen LogP contribution in [0.1, 0.15) is 20.8 Å². The highest BCUT2D eigenvalue weighted by molar-refractivity contribution is 8.00. The number of rotatable bonds is 2. The van der Waals surface area contributed by atoms with E-state index in [0.29, 0.717) is 13.0 Å². The van der Waals surface area contributed by atoms with Gasteiger partial charge in [0.05, 0.1) is 0 Å². The molecule has 1 saturated heterocycles. The standard InChI is InChI=1S/C9H15NO4S/c1-9(2,3)14-7(12)10-4-5-15-8(10)13-6-11/h6,8H,4-5H2,1-3H3. The van der Waals surface area contributed by atoms with Crippen molar-refractivity contribution in [2.45, 2.75) is 31.9 Å². The van der Waals surface area contributed by atoms with E-state index in [1.54, 1.807) is 20.8 Å². The van der Waals surface area contributed by atoms with Crippen molar-refractivity contribution in [1.82, 2.24) is 4.90 Å². The van der Waals surface area contributed by atoms with Gasteiger partial charge in [-0.05, 0) is 20.8 Å². The summed E-state index contributed by atoms with van der Waals surface area (Å²) in [6.07, 6.45) is -0.445. The number of hydrogen-bond acceptors (Lipinski definition) is 5. The molecule has 0 aromatic rings. The van der Waals surface area contributed by atoms with Crippen LogP contribution in [0.25, 0.3) is 0 Å². The molecule has 0 spiro atoms. The largest absolute Gasteiger partial charge is 0.444 e. The molecule has 0 saturated carbocycles. The molecule has 0 aromatic heterocycles. The number of thioether (sulfide) groups is 1. The number of carbonyl (C=O) groups is 2. The molecule has 0 aromatic carbocycles. The Hall–Kier alpha value is -0.910. The normalized spacial score (nSPS) is 21.3. The Morgan fingerprint density at radius 1 is 1.53 bits per heavy atom. The summed E-state index contributed by atoms with van der Waals surface area (Å²) in [7, 11) is 0. The summed E-state index contributed by atoms with van der Waals surface area (Å²) in [5, 5.41) is 0. The van der Waals surface area contributed by atoms with E-state index in [9.17, 15) is 9.59 Å². The Morgan fingerprint density at radius 3 is 2.73 bits per heavy atom. The van der Waals surface area contributed by atoms with Crippen molar-refractivity contribution in [2.75, 3.05) is 12.3 Å². The lowest BCUT2D eigenvalue weighted by molar-refractivity contribution is -0.134. The SMILES string of the molecule is CC(C)(C)OC(=O)N1CCSC1OC=O. The minimum absolute atomic E-state index is 0.348. The first-order valence-corrected chi connectivity index (χ1v) is 5.69. The molecular weight excluding hydrogens is 218 g/mol. The van der Waals surface area contributed by atoms with Gasteiger partial charge >= 0.3 is 6.09 Å². The molecule has 5 nitrogen and oxygen atoms in total. The fraction of sp³-hybridized carbons (Fsp3) is 0.778. The first-order valence-electron chi connectivity index (χ1n) is 4.64. The van der Waals surface area contributed by atoms with E-state index in [2.05, 4.69) is 0 Å². The van der Waals surface area contributed by atoms with Gasteiger partial charge in [-0.1, -0.05) is 11.8 Å². The van der Waals surface area contributed by atoms with Crippen LogP contribution in [0.5, 0.6) is 0 Å². The molecule has 1 fully saturated rings. The maximum atomic E-state index is 11.6. The van der Waals surface area contributed by atoms with Crippen molar-refractivity contribution in [3.63, 3.8) is 0 Å². The van der Waals surface area contributed by atoms with Gasteiger partial charge in [0.15, 0.2) is 0 Å². The molecular formula is C9H15NO4S. The van der Waals surface area contributed by atoms with Gasteiger partial charge in [-0.15, -0.1) is 0 Å². The van der Waals surface area contributed by atoms with Crippen molar-refractivity contribution in [3.05, 3.63) is 0 Å². The van der Waals surface area contributed by atoms with Gasteiger partial charge in [-0.2, -0.15) is 0 Å². The first kappa shape index (κ1) is 12.2. The Bertz CT molecular complexity index is 251. The minimum atomic E-state index is -0.544. The van der Waals surface area contributed by atoms with Crippen molar-refractivity contribution in [3.8, 4) is 0 Å². The Balaban J connectivity index is 2.54. The summed E-state index contributed by atoms with van der Waals surface area (Å²) in [4.78, 5) is 23.2. The van der Waals surface area contributed by atoms with Crippen LogP contribution in [-0.4, -0.2) is 40.9 Å². The van der Waals surface area contributed by atoms with Crippen LogP contribution in [-0.2, 0) is 14.3 Å². The van der Waals surface area contributed by atoms with Gasteiger partial charge in [0.2, 0.25) is 5.56 Å². The van der Waals surface area contributed by atoms with E-state index in [1.165, 1.54) is 16.7 Å². The molecule has 1 aliphatic rings. The lowest BCUT2D eigenvalue weighted by Gasteiger charge is -2.26. The molecule has 0 radical (unpaired) electrons. The topological polar surface area (TPSA) is 55.8 Å². The predicted molar refractivity (Wildman–Crippen MR) is 56.3 cm³/mol. The summed E-state index contributed by atoms with van der Waals surface area (Å²) in [6.45, 7) is 6.27. The monoisotopic (exact) mass is 233 g/mol. The van der Waals surface area contributed by atoms with Crippen LogP contribution >= 0.6 is 11.8 Å². The number of nitrogens with zero attached hydrogens (tertiary/aromatic N) is 1. The zero-order valence-corrected chi connectivity index (χ0v) is 9.87. The Morgan fingerprint density at radius 2 is 2.20 bits per heavy atom. The van der Waals surface area contributed by atoms with Crippen LogP contribution in [0.15, 0.2) is 0 Å². The highest BCUT2D eigenvalue weighted by Gasteiger charge is 2.33. The van der Waals surface area contributed by atoms with Gasteiger partial charge in [0, 0.05) is 12.3 Å². The fourth-order valence-electron chi connectivity index (χ4n) is 1.11. The van der Waals surface area contributed by atoms with Crippen LogP contribution < -0.4 is 0 Å². The van der Waals surface area contributed by atoms with Crippen molar-refractivity contribution in [2.24, 2.45) is 0 Å². The quantitative estimate of drug-likeness (QED) is 0.675. The van der Waals surface area contributed by atoms with E-state index in [-0.39, 0.29) is 0 Å². The molecule has 1 heterocycles. The van der Waals surface area contributed by atoms with Crippen molar-refractivity contribution in [1.29, 1.82) is 0 Å². The second kappa shape index (κ2) is 4.74. The summed E-state index contributed by atoms with van der Waals surface area (Å²) < 4.78 is 9.93. The third-order valence-corrected chi connectivity index (χ3v) is 2.72. The number of hydrogen-bond donors (Lipinski definition) is 0. The molecule has 0 aliphatic carbocycles. The van der Waals surface area contributed by atoms with E-state index in [4.69, 9.17) is 9.47 Å². The van der Waals surface area contributed by atoms with E-state index in [0.717, 1.165) is 5.75 Å². The highest BCUT2D eigenvalue weighted by Crippen LogP contribution is 2.25. The Labute approximate surface area is 93.1 Å². The van der Waals surface area contributed by atoms with Gasteiger partial charge in [0.1, 0.15) is 5.60 Å². The van der Waals surface area contributed by atoms with Gasteiger partial charge < -0.3 is 9.47 Å². The van der Waals surface area contributed by atoms with Crippen LogP contribution in [0, 0.1) is 0 Å². The molecule has 1 aliphatic heterocycles. The molecule has 0 N–H and O–H groups in total. The second-order valence-electron chi connectivity index (χ2n) is 4.08. The average Bonchev–Trinajstić information content (AvgIpc) is 2.49. The third-order valence-electron chi connectivity index (χ3n) is 1.65. The fourth-order valence-corrected chi connectivity index (χ4v) is 2.10. The molecule has 1 atom stereocenters. The maximum absolute atomic E-state index is 11.6. The molecule has 1 amide bonds. The van der Waals surface area contributed by atoms with Crippen molar-refractivity contribution < 1.29 is 19.1 Å². The number of carbonyl (C=O) groups excluding carboxylic acids is 2. The number of ether oxygens (including phenoxy) is 2. The average molecular weight is 233 g/mol. The molecule has 86 valence electrons. The highest BCUT2D eigenvalue weighted by atomic mass is 32.2. The maximum Gasteiger partial charge on any atom is 0.413 e. The zero-order valence-electron chi connectivity index (χ0n) is 9.06. The summed E-state index contributed by atoms with van der Waals surface area (Å²) in [6, 6.07) is 0. The van der Waals surface area contributed by atoms with Crippen LogP contribution in [0.4, 0.5) is 4.79 Å². The summed E-state index contributed by atoms with van der Waals surface area (Å²) in [5.74, 6) is 0.748. The first-order chi connectivity index (χ1) is 6.94. The van der Waals surface area contributed by atoms with Gasteiger partial charge in [-0.3, -0.25) is 9.69 Å². The molecule has 6 heteroatoms. The smallest absolute Gasteiger partial charge is 0.413 e. The summed E-state index contributed by atoms with van der Waals surface area (Å²) >= 11 is 1.40. The Kier molecular flexibility index (Phi) is 3.84. The van der Waals surface area contributed by atoms with Gasteiger partial charge in [0.25, 0.3) is 6.47 Å². The minimum Gasteiger partial charge on any atom is -0.444 e. The van der Waals surface area contributed by atoms with Crippen molar-refractivity contribution >= 4 is 24.3 Å². The lowest BCUT2D eigenvalue weighted by atomic mass is 10.2. The van der Waals surface area contributed by atoms with Crippen LogP contribution in [0.3, 0.4) is 0 Å². The predicted octanol–water partition coefficient (Wildman–Crippen LogP) is 1.43. The number of amides is 1. The summed E-state index contributed by atoms with van der Waals surface area (Å²) in [5.41, 5.74) is -1.08. The van der Waals surface area contributed by atoms with E-state index in [1.807, 2.05) is 0 Å². The molecule has 0 bridgehead atoms. The molecule has 1 rings (SSSR count). The molecule has 1 unspecified atom stereocenters. The van der Waals surface area contributed by atoms with E-state index >= 15 is 0 Å². The molecule has 15 heavy (non-hydrogen) atoms. The van der Waals surface area contributed by atoms with Crippen LogP contribution in [0.2, 0.25) is 0 Å². The van der Waals surface area contributed by atoms with Gasteiger partial charge in [-0.25, -0.2) is 4.79 Å².